The van der Waals surface area contributed by atoms with E-state index in [4.69, 9.17) is 28.9 Å². The summed E-state index contributed by atoms with van der Waals surface area (Å²) in [5.74, 6) is -3.17. The number of hydrogen-bond donors (Lipinski definition) is 1. The predicted molar refractivity (Wildman–Crippen MR) is 51.9 cm³/mol. The Kier molecular flexibility index (Phi) is 3.29. The molecule has 0 aliphatic rings. The molecule has 0 radical (unpaired) electrons. The molecule has 1 heterocycles. The van der Waals surface area contributed by atoms with E-state index in [-0.39, 0.29) is 21.4 Å². The summed E-state index contributed by atoms with van der Waals surface area (Å²) in [7, 11) is 0. The number of pyridine rings is 1. The maximum absolute atomic E-state index is 13.2. The van der Waals surface area contributed by atoms with Crippen molar-refractivity contribution in [2.75, 3.05) is 6.54 Å². The third-order valence-corrected chi connectivity index (χ3v) is 2.23. The minimum Gasteiger partial charge on any atom is -0.325 e. The molecule has 6 heteroatoms. The average molecular weight is 241 g/mol. The number of aromatic nitrogens is 1. The van der Waals surface area contributed by atoms with E-state index < -0.39 is 12.5 Å². The van der Waals surface area contributed by atoms with Crippen LogP contribution >= 0.6 is 23.2 Å². The third-order valence-electron chi connectivity index (χ3n) is 1.76. The third kappa shape index (κ3) is 2.13. The van der Waals surface area contributed by atoms with E-state index in [1.54, 1.807) is 0 Å². The van der Waals surface area contributed by atoms with E-state index >= 15 is 0 Å². The number of aryl methyl sites for hydroxylation is 1. The molecule has 0 aliphatic carbocycles. The van der Waals surface area contributed by atoms with Crippen LogP contribution in [0.3, 0.4) is 0 Å². The largest absolute Gasteiger partial charge is 0.325 e. The lowest BCUT2D eigenvalue weighted by Gasteiger charge is -2.17. The van der Waals surface area contributed by atoms with Gasteiger partial charge in [0.1, 0.15) is 10.3 Å². The standard InChI is InChI=1S/C8H8Cl2F2N2/c1-4-2-5(9)14-7(10)6(4)8(11,12)3-13/h2H,3,13H2,1H3. The van der Waals surface area contributed by atoms with Crippen LogP contribution in [0.25, 0.3) is 0 Å². The van der Waals surface area contributed by atoms with Crippen molar-refractivity contribution in [1.29, 1.82) is 0 Å². The van der Waals surface area contributed by atoms with Crippen LogP contribution in [0.5, 0.6) is 0 Å². The lowest BCUT2D eigenvalue weighted by Crippen LogP contribution is -2.26. The molecular formula is C8H8Cl2F2N2. The second-order valence-electron chi connectivity index (χ2n) is 2.84. The van der Waals surface area contributed by atoms with Gasteiger partial charge in [-0.3, -0.25) is 0 Å². The molecule has 0 atom stereocenters. The molecule has 0 aliphatic heterocycles. The fourth-order valence-corrected chi connectivity index (χ4v) is 1.81. The summed E-state index contributed by atoms with van der Waals surface area (Å²) in [6, 6.07) is 1.33. The van der Waals surface area contributed by atoms with Gasteiger partial charge in [-0.1, -0.05) is 23.2 Å². The highest BCUT2D eigenvalue weighted by atomic mass is 35.5. The highest BCUT2D eigenvalue weighted by molar-refractivity contribution is 6.33. The monoisotopic (exact) mass is 240 g/mol. The minimum atomic E-state index is -3.17. The van der Waals surface area contributed by atoms with Crippen LogP contribution in [0, 0.1) is 6.92 Å². The summed E-state index contributed by atoms with van der Waals surface area (Å²) in [6.45, 7) is 0.676. The van der Waals surface area contributed by atoms with Gasteiger partial charge in [0.05, 0.1) is 12.1 Å². The molecule has 1 aromatic rings. The van der Waals surface area contributed by atoms with Gasteiger partial charge in [0.25, 0.3) is 5.92 Å². The Balaban J connectivity index is 3.35. The first kappa shape index (κ1) is 11.6. The van der Waals surface area contributed by atoms with Crippen molar-refractivity contribution in [3.8, 4) is 0 Å². The molecule has 0 saturated heterocycles. The minimum absolute atomic E-state index is 0.0871. The number of hydrogen-bond acceptors (Lipinski definition) is 2. The van der Waals surface area contributed by atoms with Crippen LogP contribution in [0.2, 0.25) is 10.3 Å². The molecule has 2 N–H and O–H groups in total. The summed E-state index contributed by atoms with van der Waals surface area (Å²) in [4.78, 5) is 3.54. The topological polar surface area (TPSA) is 38.9 Å². The van der Waals surface area contributed by atoms with Gasteiger partial charge in [-0.05, 0) is 18.6 Å². The van der Waals surface area contributed by atoms with Crippen LogP contribution in [-0.2, 0) is 5.92 Å². The van der Waals surface area contributed by atoms with Crippen LogP contribution in [-0.4, -0.2) is 11.5 Å². The fraction of sp³-hybridized carbons (Fsp3) is 0.375. The summed E-state index contributed by atoms with van der Waals surface area (Å²) in [5.41, 5.74) is 4.87. The second kappa shape index (κ2) is 3.96. The van der Waals surface area contributed by atoms with E-state index in [9.17, 15) is 8.78 Å². The Bertz CT molecular complexity index is 332. The van der Waals surface area contributed by atoms with Crippen LogP contribution < -0.4 is 5.73 Å². The molecule has 1 rings (SSSR count). The normalized spacial score (nSPS) is 11.9. The Morgan fingerprint density at radius 3 is 2.50 bits per heavy atom. The van der Waals surface area contributed by atoms with Crippen LogP contribution in [0.1, 0.15) is 11.1 Å². The fourth-order valence-electron chi connectivity index (χ4n) is 1.14. The van der Waals surface area contributed by atoms with Crippen molar-refractivity contribution in [2.45, 2.75) is 12.8 Å². The number of nitrogens with zero attached hydrogens (tertiary/aromatic N) is 1. The molecule has 0 saturated carbocycles. The van der Waals surface area contributed by atoms with E-state index in [0.29, 0.717) is 0 Å². The van der Waals surface area contributed by atoms with Gasteiger partial charge in [-0.25, -0.2) is 4.98 Å². The first-order valence-electron chi connectivity index (χ1n) is 3.79. The number of alkyl halides is 2. The summed E-state index contributed by atoms with van der Waals surface area (Å²) in [6.07, 6.45) is 0. The number of halogens is 4. The van der Waals surface area contributed by atoms with Crippen LogP contribution in [0.4, 0.5) is 8.78 Å². The van der Waals surface area contributed by atoms with Gasteiger partial charge in [0.15, 0.2) is 0 Å². The highest BCUT2D eigenvalue weighted by Gasteiger charge is 2.34. The number of nitrogens with two attached hydrogens (primary N) is 1. The molecule has 0 aromatic carbocycles. The maximum atomic E-state index is 13.2. The van der Waals surface area contributed by atoms with E-state index in [1.165, 1.54) is 13.0 Å². The van der Waals surface area contributed by atoms with Gasteiger partial charge in [0.2, 0.25) is 0 Å². The van der Waals surface area contributed by atoms with Crippen molar-refractivity contribution in [3.63, 3.8) is 0 Å². The second-order valence-corrected chi connectivity index (χ2v) is 3.58. The summed E-state index contributed by atoms with van der Waals surface area (Å²) >= 11 is 11.1. The Labute approximate surface area is 90.0 Å². The summed E-state index contributed by atoms with van der Waals surface area (Å²) < 4.78 is 26.5. The molecular weight excluding hydrogens is 233 g/mol. The first-order valence-corrected chi connectivity index (χ1v) is 4.55. The molecule has 0 spiro atoms. The zero-order valence-electron chi connectivity index (χ0n) is 7.32. The Hall–Kier alpha value is -0.450. The summed E-state index contributed by atoms with van der Waals surface area (Å²) in [5, 5.41) is -0.213. The molecule has 1 aromatic heterocycles. The molecule has 0 amide bonds. The van der Waals surface area contributed by atoms with Gasteiger partial charge < -0.3 is 5.73 Å². The quantitative estimate of drug-likeness (QED) is 0.808. The molecule has 2 nitrogen and oxygen atoms in total. The van der Waals surface area contributed by atoms with E-state index in [2.05, 4.69) is 4.98 Å². The van der Waals surface area contributed by atoms with Gasteiger partial charge in [-0.2, -0.15) is 8.78 Å². The van der Waals surface area contributed by atoms with Crippen molar-refractivity contribution in [1.82, 2.24) is 4.98 Å². The SMILES string of the molecule is Cc1cc(Cl)nc(Cl)c1C(F)(F)CN. The molecule has 0 fully saturated rings. The Morgan fingerprint density at radius 2 is 2.07 bits per heavy atom. The van der Waals surface area contributed by atoms with Gasteiger partial charge in [-0.15, -0.1) is 0 Å². The molecule has 78 valence electrons. The zero-order chi connectivity index (χ0) is 10.9. The lowest BCUT2D eigenvalue weighted by atomic mass is 10.1. The van der Waals surface area contributed by atoms with Crippen LogP contribution in [0.15, 0.2) is 6.07 Å². The van der Waals surface area contributed by atoms with E-state index in [1.807, 2.05) is 0 Å². The Morgan fingerprint density at radius 1 is 1.50 bits per heavy atom. The highest BCUT2D eigenvalue weighted by Crippen LogP contribution is 2.34. The molecule has 0 unspecified atom stereocenters. The average Bonchev–Trinajstić information content (AvgIpc) is 2.01. The van der Waals surface area contributed by atoms with Crippen molar-refractivity contribution < 1.29 is 8.78 Å². The number of rotatable bonds is 2. The molecule has 0 bridgehead atoms. The molecule has 14 heavy (non-hydrogen) atoms. The van der Waals surface area contributed by atoms with Gasteiger partial charge in [0, 0.05) is 0 Å². The maximum Gasteiger partial charge on any atom is 0.288 e. The first-order chi connectivity index (χ1) is 6.38. The van der Waals surface area contributed by atoms with Crippen molar-refractivity contribution >= 4 is 23.2 Å². The lowest BCUT2D eigenvalue weighted by molar-refractivity contribution is 0.00511. The van der Waals surface area contributed by atoms with Gasteiger partial charge >= 0.3 is 0 Å². The zero-order valence-corrected chi connectivity index (χ0v) is 8.83. The van der Waals surface area contributed by atoms with E-state index in [0.717, 1.165) is 0 Å². The smallest absolute Gasteiger partial charge is 0.288 e. The van der Waals surface area contributed by atoms with Crippen molar-refractivity contribution in [2.24, 2.45) is 5.73 Å². The predicted octanol–water partition coefficient (Wildman–Crippen LogP) is 2.75. The van der Waals surface area contributed by atoms with Crippen molar-refractivity contribution in [3.05, 3.63) is 27.5 Å².